The lowest BCUT2D eigenvalue weighted by Crippen LogP contribution is -2.17. The Bertz CT molecular complexity index is 802. The number of hydrogen-bond acceptors (Lipinski definition) is 4. The molecule has 144 valence electrons. The maximum Gasteiger partial charge on any atom is 0.271 e. The van der Waals surface area contributed by atoms with Gasteiger partial charge in [0, 0.05) is 5.56 Å². The first kappa shape index (κ1) is 20.8. The predicted molar refractivity (Wildman–Crippen MR) is 109 cm³/mol. The predicted octanol–water partition coefficient (Wildman–Crippen LogP) is 4.85. The average Bonchev–Trinajstić information content (AvgIpc) is 2.61. The molecule has 0 unspecified atom stereocenters. The molecule has 0 fully saturated rings. The van der Waals surface area contributed by atoms with E-state index in [4.69, 9.17) is 21.1 Å². The van der Waals surface area contributed by atoms with Gasteiger partial charge in [-0.25, -0.2) is 5.43 Å². The van der Waals surface area contributed by atoms with Gasteiger partial charge in [0.1, 0.15) is 0 Å². The Morgan fingerprint density at radius 2 is 1.93 bits per heavy atom. The second-order valence-corrected chi connectivity index (χ2v) is 6.94. The Morgan fingerprint density at radius 3 is 2.56 bits per heavy atom. The van der Waals surface area contributed by atoms with Crippen LogP contribution in [0.1, 0.15) is 42.3 Å². The lowest BCUT2D eigenvalue weighted by Gasteiger charge is -2.15. The third-order valence-electron chi connectivity index (χ3n) is 3.59. The van der Waals surface area contributed by atoms with Crippen LogP contribution in [-0.2, 0) is 0 Å². The minimum absolute atomic E-state index is 0.278. The Kier molecular flexibility index (Phi) is 7.67. The van der Waals surface area contributed by atoms with Gasteiger partial charge in [-0.05, 0) is 49.6 Å². The van der Waals surface area contributed by atoms with E-state index in [2.05, 4.69) is 24.4 Å². The smallest absolute Gasteiger partial charge is 0.271 e. The summed E-state index contributed by atoms with van der Waals surface area (Å²) in [5.41, 5.74) is 4.84. The second-order valence-electron chi connectivity index (χ2n) is 6.53. The van der Waals surface area contributed by atoms with E-state index in [1.807, 2.05) is 26.0 Å². The first-order valence-corrected chi connectivity index (χ1v) is 9.27. The standard InChI is InChI=1S/C21H25ClN2O3/c1-5-26-19-11-16(10-18(22)20(19)27-13-14(2)3)12-23-24-21(25)17-8-6-15(4)7-9-17/h6-12,14H,5,13H2,1-4H3,(H,24,25)/b23-12-. The highest BCUT2D eigenvalue weighted by Gasteiger charge is 2.13. The van der Waals surface area contributed by atoms with E-state index in [-0.39, 0.29) is 5.91 Å². The van der Waals surface area contributed by atoms with Crippen molar-refractivity contribution in [2.75, 3.05) is 13.2 Å². The van der Waals surface area contributed by atoms with Gasteiger partial charge >= 0.3 is 0 Å². The molecule has 6 heteroatoms. The number of aryl methyl sites for hydroxylation is 1. The minimum Gasteiger partial charge on any atom is -0.490 e. The van der Waals surface area contributed by atoms with Crippen molar-refractivity contribution in [2.45, 2.75) is 27.7 Å². The summed E-state index contributed by atoms with van der Waals surface area (Å²) in [6.45, 7) is 9.01. The van der Waals surface area contributed by atoms with Crippen LogP contribution < -0.4 is 14.9 Å². The highest BCUT2D eigenvalue weighted by Crippen LogP contribution is 2.36. The summed E-state index contributed by atoms with van der Waals surface area (Å²) in [5, 5.41) is 4.44. The summed E-state index contributed by atoms with van der Waals surface area (Å²) < 4.78 is 11.4. The topological polar surface area (TPSA) is 59.9 Å². The normalized spacial score (nSPS) is 11.0. The first-order valence-electron chi connectivity index (χ1n) is 8.90. The Morgan fingerprint density at radius 1 is 1.22 bits per heavy atom. The summed E-state index contributed by atoms with van der Waals surface area (Å²) >= 11 is 6.35. The zero-order valence-electron chi connectivity index (χ0n) is 16.1. The number of carbonyl (C=O) groups excluding carboxylic acids is 1. The molecule has 0 aromatic heterocycles. The number of ether oxygens (including phenoxy) is 2. The number of nitrogens with zero attached hydrogens (tertiary/aromatic N) is 1. The van der Waals surface area contributed by atoms with Crippen molar-refractivity contribution >= 4 is 23.7 Å². The number of amides is 1. The zero-order valence-corrected chi connectivity index (χ0v) is 16.8. The van der Waals surface area contributed by atoms with Crippen LogP contribution in [-0.4, -0.2) is 25.3 Å². The molecule has 0 aliphatic rings. The summed E-state index contributed by atoms with van der Waals surface area (Å²) in [6, 6.07) is 10.8. The quantitative estimate of drug-likeness (QED) is 0.519. The maximum absolute atomic E-state index is 12.1. The fourth-order valence-electron chi connectivity index (χ4n) is 2.25. The Labute approximate surface area is 165 Å². The van der Waals surface area contributed by atoms with E-state index >= 15 is 0 Å². The molecule has 0 aliphatic carbocycles. The van der Waals surface area contributed by atoms with Crippen LogP contribution in [0.25, 0.3) is 0 Å². The Hall–Kier alpha value is -2.53. The van der Waals surface area contributed by atoms with Gasteiger partial charge in [-0.3, -0.25) is 4.79 Å². The van der Waals surface area contributed by atoms with Crippen LogP contribution in [0, 0.1) is 12.8 Å². The molecule has 0 saturated heterocycles. The van der Waals surface area contributed by atoms with Crippen molar-refractivity contribution in [3.05, 3.63) is 58.1 Å². The van der Waals surface area contributed by atoms with Gasteiger partial charge in [-0.15, -0.1) is 0 Å². The van der Waals surface area contributed by atoms with Gasteiger partial charge in [0.2, 0.25) is 0 Å². The number of hydrogen-bond donors (Lipinski definition) is 1. The van der Waals surface area contributed by atoms with Crippen molar-refractivity contribution in [1.29, 1.82) is 0 Å². The van der Waals surface area contributed by atoms with E-state index in [0.717, 1.165) is 5.56 Å². The minimum atomic E-state index is -0.278. The van der Waals surface area contributed by atoms with Crippen molar-refractivity contribution < 1.29 is 14.3 Å². The van der Waals surface area contributed by atoms with Crippen molar-refractivity contribution in [3.63, 3.8) is 0 Å². The number of halogens is 1. The number of nitrogens with one attached hydrogen (secondary N) is 1. The average molecular weight is 389 g/mol. The second kappa shape index (κ2) is 9.97. The SMILES string of the molecule is CCOc1cc(/C=N\NC(=O)c2ccc(C)cc2)cc(Cl)c1OCC(C)C. The molecule has 0 spiro atoms. The highest BCUT2D eigenvalue weighted by atomic mass is 35.5. The number of rotatable bonds is 8. The summed E-state index contributed by atoms with van der Waals surface area (Å²) in [7, 11) is 0. The molecule has 2 aromatic rings. The Balaban J connectivity index is 2.11. The van der Waals surface area contributed by atoms with Crippen LogP contribution in [0.15, 0.2) is 41.5 Å². The largest absolute Gasteiger partial charge is 0.490 e. The van der Waals surface area contributed by atoms with Crippen LogP contribution in [0.5, 0.6) is 11.5 Å². The molecule has 0 radical (unpaired) electrons. The van der Waals surface area contributed by atoms with E-state index in [1.54, 1.807) is 24.3 Å². The number of hydrazone groups is 1. The third-order valence-corrected chi connectivity index (χ3v) is 3.87. The molecule has 0 bridgehead atoms. The van der Waals surface area contributed by atoms with Crippen LogP contribution >= 0.6 is 11.6 Å². The number of benzene rings is 2. The van der Waals surface area contributed by atoms with Gasteiger partial charge in [0.05, 0.1) is 24.5 Å². The zero-order chi connectivity index (χ0) is 19.8. The van der Waals surface area contributed by atoms with Gasteiger partial charge < -0.3 is 9.47 Å². The van der Waals surface area contributed by atoms with Crippen LogP contribution in [0.4, 0.5) is 0 Å². The molecule has 0 aliphatic heterocycles. The molecular weight excluding hydrogens is 364 g/mol. The maximum atomic E-state index is 12.1. The fourth-order valence-corrected chi connectivity index (χ4v) is 2.52. The monoisotopic (exact) mass is 388 g/mol. The molecule has 0 saturated carbocycles. The molecule has 1 N–H and O–H groups in total. The summed E-state index contributed by atoms with van der Waals surface area (Å²) in [6.07, 6.45) is 1.52. The molecule has 0 atom stereocenters. The summed E-state index contributed by atoms with van der Waals surface area (Å²) in [5.74, 6) is 1.16. The molecule has 2 rings (SSSR count). The van der Waals surface area contributed by atoms with E-state index in [0.29, 0.717) is 46.8 Å². The van der Waals surface area contributed by atoms with Crippen molar-refractivity contribution in [2.24, 2.45) is 11.0 Å². The summed E-state index contributed by atoms with van der Waals surface area (Å²) in [4.78, 5) is 12.1. The van der Waals surface area contributed by atoms with Gasteiger partial charge in [0.15, 0.2) is 11.5 Å². The van der Waals surface area contributed by atoms with Gasteiger partial charge in [-0.1, -0.05) is 43.1 Å². The number of carbonyl (C=O) groups is 1. The highest BCUT2D eigenvalue weighted by molar-refractivity contribution is 6.32. The van der Waals surface area contributed by atoms with E-state index in [9.17, 15) is 4.79 Å². The molecular formula is C21H25ClN2O3. The van der Waals surface area contributed by atoms with E-state index in [1.165, 1.54) is 6.21 Å². The molecule has 1 amide bonds. The lowest BCUT2D eigenvalue weighted by atomic mass is 10.1. The molecule has 5 nitrogen and oxygen atoms in total. The van der Waals surface area contributed by atoms with Crippen LogP contribution in [0.2, 0.25) is 5.02 Å². The molecule has 0 heterocycles. The molecule has 2 aromatic carbocycles. The van der Waals surface area contributed by atoms with Gasteiger partial charge in [-0.2, -0.15) is 5.10 Å². The van der Waals surface area contributed by atoms with Crippen molar-refractivity contribution in [3.8, 4) is 11.5 Å². The third kappa shape index (κ3) is 6.29. The lowest BCUT2D eigenvalue weighted by molar-refractivity contribution is 0.0955. The first-order chi connectivity index (χ1) is 12.9. The van der Waals surface area contributed by atoms with Crippen molar-refractivity contribution in [1.82, 2.24) is 5.43 Å². The molecule has 27 heavy (non-hydrogen) atoms. The van der Waals surface area contributed by atoms with Crippen LogP contribution in [0.3, 0.4) is 0 Å². The van der Waals surface area contributed by atoms with E-state index < -0.39 is 0 Å². The van der Waals surface area contributed by atoms with Gasteiger partial charge in [0.25, 0.3) is 5.91 Å². The fraction of sp³-hybridized carbons (Fsp3) is 0.333.